The highest BCUT2D eigenvalue weighted by atomic mass is 35.5. The van der Waals surface area contributed by atoms with E-state index in [1.54, 1.807) is 6.20 Å². The fraction of sp³-hybridized carbons (Fsp3) is 0.381. The van der Waals surface area contributed by atoms with Gasteiger partial charge in [-0.2, -0.15) is 5.10 Å². The number of carbonyl (C=O) groups is 1. The number of halogens is 2. The summed E-state index contributed by atoms with van der Waals surface area (Å²) in [6, 6.07) is 7.89. The van der Waals surface area contributed by atoms with Gasteiger partial charge in [0.25, 0.3) is 5.91 Å². The Morgan fingerprint density at radius 1 is 1.31 bits per heavy atom. The highest BCUT2D eigenvalue weighted by Crippen LogP contribution is 2.33. The van der Waals surface area contributed by atoms with E-state index in [2.05, 4.69) is 23.9 Å². The molecule has 1 amide bonds. The van der Waals surface area contributed by atoms with E-state index in [0.29, 0.717) is 12.1 Å². The maximum atomic E-state index is 13.5. The zero-order chi connectivity index (χ0) is 19.1. The molecular formula is C21H27Cl2N5O. The number of benzene rings is 1. The second-order valence-electron chi connectivity index (χ2n) is 7.30. The molecule has 8 heteroatoms. The van der Waals surface area contributed by atoms with Crippen molar-refractivity contribution in [3.63, 3.8) is 0 Å². The van der Waals surface area contributed by atoms with Gasteiger partial charge in [-0.1, -0.05) is 13.0 Å². The molecule has 1 aliphatic heterocycles. The molecule has 1 atom stereocenters. The fourth-order valence-electron chi connectivity index (χ4n) is 3.82. The molecule has 1 aliphatic rings. The Hall–Kier alpha value is -2.31. The molecule has 2 aromatic heterocycles. The minimum Gasteiger partial charge on any atom is -0.398 e. The van der Waals surface area contributed by atoms with Crippen LogP contribution in [0.2, 0.25) is 0 Å². The van der Waals surface area contributed by atoms with E-state index in [1.807, 2.05) is 40.8 Å². The average molecular weight is 436 g/mol. The smallest absolute Gasteiger partial charge is 0.259 e. The van der Waals surface area contributed by atoms with Gasteiger partial charge in [0.15, 0.2) is 5.65 Å². The third-order valence-corrected chi connectivity index (χ3v) is 5.47. The van der Waals surface area contributed by atoms with Gasteiger partial charge in [-0.25, -0.2) is 9.67 Å². The van der Waals surface area contributed by atoms with Crippen LogP contribution in [0.1, 0.15) is 54.3 Å². The summed E-state index contributed by atoms with van der Waals surface area (Å²) in [7, 11) is 0. The van der Waals surface area contributed by atoms with Crippen LogP contribution in [-0.4, -0.2) is 27.2 Å². The van der Waals surface area contributed by atoms with Gasteiger partial charge in [0, 0.05) is 23.6 Å². The highest BCUT2D eigenvalue weighted by molar-refractivity contribution is 6.13. The summed E-state index contributed by atoms with van der Waals surface area (Å²) in [5, 5.41) is 5.32. The number of anilines is 2. The topological polar surface area (TPSA) is 77.0 Å². The molecule has 0 fully saturated rings. The summed E-state index contributed by atoms with van der Waals surface area (Å²) in [4.78, 5) is 20.0. The van der Waals surface area contributed by atoms with E-state index in [0.717, 1.165) is 52.9 Å². The van der Waals surface area contributed by atoms with Gasteiger partial charge in [-0.3, -0.25) is 4.79 Å². The molecule has 1 unspecified atom stereocenters. The number of pyridine rings is 1. The summed E-state index contributed by atoms with van der Waals surface area (Å²) in [5.74, 6) is -0.0132. The van der Waals surface area contributed by atoms with Crippen LogP contribution in [0.5, 0.6) is 0 Å². The van der Waals surface area contributed by atoms with E-state index in [-0.39, 0.29) is 36.8 Å². The number of nitrogen functional groups attached to an aromatic ring is 1. The lowest BCUT2D eigenvalue weighted by Gasteiger charge is -2.30. The second kappa shape index (κ2) is 9.01. The maximum absolute atomic E-state index is 13.5. The van der Waals surface area contributed by atoms with Crippen molar-refractivity contribution in [3.05, 3.63) is 47.3 Å². The van der Waals surface area contributed by atoms with Crippen molar-refractivity contribution in [2.45, 2.75) is 46.1 Å². The van der Waals surface area contributed by atoms with Crippen LogP contribution in [0, 0.1) is 6.92 Å². The van der Waals surface area contributed by atoms with Crippen LogP contribution in [0.15, 0.2) is 30.5 Å². The first-order valence-electron chi connectivity index (χ1n) is 9.55. The molecular weight excluding hydrogens is 409 g/mol. The van der Waals surface area contributed by atoms with Crippen molar-refractivity contribution in [2.24, 2.45) is 0 Å². The van der Waals surface area contributed by atoms with Crippen LogP contribution in [-0.2, 0) is 6.42 Å². The SMILES string of the molecule is CCC(C)n1ncc2c(C(=O)N3CCCc4c(N)cccc43)cc(C)nc21.Cl.Cl. The fourth-order valence-corrected chi connectivity index (χ4v) is 3.82. The standard InChI is InChI=1S/C21H25N5O.2ClH/c1-4-14(3)26-20-17(12-23-26)16(11-13(2)24-20)21(27)25-10-6-7-15-18(22)8-5-9-19(15)25;;/h5,8-9,11-12,14H,4,6-7,10,22H2,1-3H3;2*1H. The number of nitrogens with zero attached hydrogens (tertiary/aromatic N) is 4. The van der Waals surface area contributed by atoms with Crippen LogP contribution >= 0.6 is 24.8 Å². The third kappa shape index (κ3) is 3.91. The Balaban J connectivity index is 0.00000150. The van der Waals surface area contributed by atoms with Crippen molar-refractivity contribution in [2.75, 3.05) is 17.2 Å². The lowest BCUT2D eigenvalue weighted by atomic mass is 9.98. The van der Waals surface area contributed by atoms with Gasteiger partial charge in [-0.15, -0.1) is 24.8 Å². The summed E-state index contributed by atoms with van der Waals surface area (Å²) in [6.07, 6.45) is 4.54. The zero-order valence-electron chi connectivity index (χ0n) is 16.9. The summed E-state index contributed by atoms with van der Waals surface area (Å²) >= 11 is 0. The van der Waals surface area contributed by atoms with Gasteiger partial charge in [0.05, 0.1) is 23.2 Å². The molecule has 1 aromatic carbocycles. The number of aryl methyl sites for hydroxylation is 1. The van der Waals surface area contributed by atoms with Gasteiger partial charge in [-0.05, 0) is 56.9 Å². The Labute approximate surface area is 183 Å². The average Bonchev–Trinajstić information content (AvgIpc) is 3.10. The zero-order valence-corrected chi connectivity index (χ0v) is 18.5. The van der Waals surface area contributed by atoms with Gasteiger partial charge in [0.1, 0.15) is 0 Å². The number of aromatic nitrogens is 3. The van der Waals surface area contributed by atoms with E-state index >= 15 is 0 Å². The lowest BCUT2D eigenvalue weighted by molar-refractivity contribution is 0.0986. The second-order valence-corrected chi connectivity index (χ2v) is 7.30. The Morgan fingerprint density at radius 3 is 2.79 bits per heavy atom. The Morgan fingerprint density at radius 2 is 2.07 bits per heavy atom. The van der Waals surface area contributed by atoms with E-state index in [1.165, 1.54) is 0 Å². The molecule has 0 saturated carbocycles. The molecule has 0 saturated heterocycles. The quantitative estimate of drug-likeness (QED) is 0.603. The number of rotatable bonds is 3. The van der Waals surface area contributed by atoms with E-state index in [9.17, 15) is 4.79 Å². The first kappa shape index (κ1) is 23.0. The van der Waals surface area contributed by atoms with Gasteiger partial charge in [0.2, 0.25) is 0 Å². The van der Waals surface area contributed by atoms with Crippen LogP contribution in [0.25, 0.3) is 11.0 Å². The van der Waals surface area contributed by atoms with E-state index in [4.69, 9.17) is 5.73 Å². The summed E-state index contributed by atoms with van der Waals surface area (Å²) in [6.45, 7) is 6.85. The third-order valence-electron chi connectivity index (χ3n) is 5.47. The monoisotopic (exact) mass is 435 g/mol. The molecule has 6 nitrogen and oxygen atoms in total. The maximum Gasteiger partial charge on any atom is 0.259 e. The van der Waals surface area contributed by atoms with Crippen molar-refractivity contribution < 1.29 is 4.79 Å². The Bertz CT molecular complexity index is 1030. The molecule has 0 spiro atoms. The van der Waals surface area contributed by atoms with Crippen molar-refractivity contribution >= 4 is 53.1 Å². The molecule has 29 heavy (non-hydrogen) atoms. The number of fused-ring (bicyclic) bond motifs is 2. The Kier molecular flexibility index (Phi) is 7.14. The molecule has 3 aromatic rings. The predicted octanol–water partition coefficient (Wildman–Crippen LogP) is 4.73. The molecule has 0 aliphatic carbocycles. The number of hydrogen-bond acceptors (Lipinski definition) is 4. The molecule has 0 bridgehead atoms. The van der Waals surface area contributed by atoms with Gasteiger partial charge >= 0.3 is 0 Å². The first-order valence-corrected chi connectivity index (χ1v) is 9.55. The largest absolute Gasteiger partial charge is 0.398 e. The molecule has 0 radical (unpaired) electrons. The number of hydrogen-bond donors (Lipinski definition) is 1. The lowest BCUT2D eigenvalue weighted by Crippen LogP contribution is -2.36. The van der Waals surface area contributed by atoms with Crippen LogP contribution in [0.4, 0.5) is 11.4 Å². The molecule has 156 valence electrons. The molecule has 2 N–H and O–H groups in total. The number of carbonyl (C=O) groups excluding carboxylic acids is 1. The van der Waals surface area contributed by atoms with Crippen molar-refractivity contribution in [1.82, 2.24) is 14.8 Å². The first-order chi connectivity index (χ1) is 13.0. The minimum atomic E-state index is -0.0132. The van der Waals surface area contributed by atoms with E-state index < -0.39 is 0 Å². The van der Waals surface area contributed by atoms with Crippen LogP contribution in [0.3, 0.4) is 0 Å². The molecule has 4 rings (SSSR count). The number of amides is 1. The summed E-state index contributed by atoms with van der Waals surface area (Å²) < 4.78 is 1.92. The highest BCUT2D eigenvalue weighted by Gasteiger charge is 2.27. The summed E-state index contributed by atoms with van der Waals surface area (Å²) in [5.41, 5.74) is 11.1. The van der Waals surface area contributed by atoms with Crippen LogP contribution < -0.4 is 10.6 Å². The molecule has 3 heterocycles. The van der Waals surface area contributed by atoms with Crippen molar-refractivity contribution in [1.29, 1.82) is 0 Å². The van der Waals surface area contributed by atoms with Gasteiger partial charge < -0.3 is 10.6 Å². The minimum absolute atomic E-state index is 0. The van der Waals surface area contributed by atoms with Crippen molar-refractivity contribution in [3.8, 4) is 0 Å². The predicted molar refractivity (Wildman–Crippen MR) is 123 cm³/mol. The number of nitrogens with two attached hydrogens (primary N) is 1. The normalized spacial score (nSPS) is 14.0.